The summed E-state index contributed by atoms with van der Waals surface area (Å²) in [4.78, 5) is 45.0. The van der Waals surface area contributed by atoms with E-state index in [4.69, 9.17) is 0 Å². The van der Waals surface area contributed by atoms with Crippen LogP contribution in [0.2, 0.25) is 0 Å². The van der Waals surface area contributed by atoms with Gasteiger partial charge >= 0.3 is 0 Å². The highest BCUT2D eigenvalue weighted by atomic mass is 16.2. The maximum Gasteiger partial charge on any atom is 0.295 e. The number of aromatic amines is 1. The van der Waals surface area contributed by atoms with Crippen molar-refractivity contribution in [1.29, 1.82) is 0 Å². The number of para-hydroxylation sites is 1. The predicted molar refractivity (Wildman–Crippen MR) is 116 cm³/mol. The number of carbonyl (C=O) groups excluding carboxylic acids is 3. The third-order valence-corrected chi connectivity index (χ3v) is 6.73. The van der Waals surface area contributed by atoms with Crippen LogP contribution in [0.15, 0.2) is 24.3 Å². The van der Waals surface area contributed by atoms with Crippen molar-refractivity contribution in [3.63, 3.8) is 0 Å². The lowest BCUT2D eigenvalue weighted by molar-refractivity contribution is -0.137. The minimum absolute atomic E-state index is 0.187. The van der Waals surface area contributed by atoms with Crippen molar-refractivity contribution in [2.75, 3.05) is 26.2 Å². The zero-order valence-corrected chi connectivity index (χ0v) is 17.8. The van der Waals surface area contributed by atoms with Crippen LogP contribution in [0.1, 0.15) is 61.0 Å². The minimum Gasteiger partial charge on any atom is -0.358 e. The fraction of sp³-hybridized carbons (Fsp3) is 0.542. The molecule has 1 aromatic heterocycles. The SMILES string of the molecule is Cc1[nH]c2ccccc2c1C(=O)C(=O)N1CCN(C(=O)CCC2CCCCC2)CC1. The van der Waals surface area contributed by atoms with E-state index in [0.29, 0.717) is 49.8 Å². The van der Waals surface area contributed by atoms with Gasteiger partial charge in [-0.2, -0.15) is 0 Å². The molecule has 2 aliphatic rings. The topological polar surface area (TPSA) is 73.5 Å². The summed E-state index contributed by atoms with van der Waals surface area (Å²) in [6.07, 6.45) is 8.02. The van der Waals surface area contributed by atoms with Crippen LogP contribution >= 0.6 is 0 Å². The molecule has 6 nitrogen and oxygen atoms in total. The number of Topliss-reactive ketones (excluding diaryl/α,β-unsaturated/α-hetero) is 1. The Morgan fingerprint density at radius 1 is 0.967 bits per heavy atom. The second-order valence-electron chi connectivity index (χ2n) is 8.72. The molecule has 2 heterocycles. The highest BCUT2D eigenvalue weighted by molar-refractivity contribution is 6.45. The number of carbonyl (C=O) groups is 3. The van der Waals surface area contributed by atoms with Crippen molar-refractivity contribution in [3.05, 3.63) is 35.5 Å². The Balaban J connectivity index is 1.32. The van der Waals surface area contributed by atoms with E-state index in [0.717, 1.165) is 17.3 Å². The van der Waals surface area contributed by atoms with E-state index in [1.807, 2.05) is 36.1 Å². The van der Waals surface area contributed by atoms with Crippen LogP contribution in [0.4, 0.5) is 0 Å². The minimum atomic E-state index is -0.475. The van der Waals surface area contributed by atoms with Crippen LogP contribution in [0.3, 0.4) is 0 Å². The molecule has 0 spiro atoms. The number of ketones is 1. The first kappa shape index (κ1) is 20.6. The molecule has 30 heavy (non-hydrogen) atoms. The molecule has 0 unspecified atom stereocenters. The number of piperazine rings is 1. The Labute approximate surface area is 177 Å². The maximum absolute atomic E-state index is 12.9. The molecule has 1 saturated carbocycles. The van der Waals surface area contributed by atoms with Crippen molar-refractivity contribution in [2.45, 2.75) is 51.9 Å². The standard InChI is InChI=1S/C24H31N3O3/c1-17-22(19-9-5-6-10-20(19)25-17)23(29)24(30)27-15-13-26(14-16-27)21(28)12-11-18-7-3-2-4-8-18/h5-6,9-10,18,25H,2-4,7-8,11-16H2,1H3. The number of nitrogens with one attached hydrogen (secondary N) is 1. The summed E-state index contributed by atoms with van der Waals surface area (Å²) in [5.41, 5.74) is 2.03. The van der Waals surface area contributed by atoms with Crippen LogP contribution < -0.4 is 0 Å². The Kier molecular flexibility index (Phi) is 6.21. The first-order chi connectivity index (χ1) is 14.5. The van der Waals surface area contributed by atoms with E-state index >= 15 is 0 Å². The molecule has 0 radical (unpaired) electrons. The van der Waals surface area contributed by atoms with Gasteiger partial charge in [0.25, 0.3) is 11.7 Å². The first-order valence-corrected chi connectivity index (χ1v) is 11.2. The lowest BCUT2D eigenvalue weighted by atomic mass is 9.86. The molecule has 6 heteroatoms. The van der Waals surface area contributed by atoms with Gasteiger partial charge in [-0.05, 0) is 25.3 Å². The molecular formula is C24H31N3O3. The molecule has 1 aliphatic carbocycles. The van der Waals surface area contributed by atoms with Gasteiger partial charge in [-0.15, -0.1) is 0 Å². The summed E-state index contributed by atoms with van der Waals surface area (Å²) in [6.45, 7) is 3.68. The number of aromatic nitrogens is 1. The first-order valence-electron chi connectivity index (χ1n) is 11.2. The maximum atomic E-state index is 12.9. The van der Waals surface area contributed by atoms with E-state index in [9.17, 15) is 14.4 Å². The number of nitrogens with zero attached hydrogens (tertiary/aromatic N) is 2. The Hall–Kier alpha value is -2.63. The van der Waals surface area contributed by atoms with Gasteiger partial charge < -0.3 is 14.8 Å². The highest BCUT2D eigenvalue weighted by Crippen LogP contribution is 2.27. The summed E-state index contributed by atoms with van der Waals surface area (Å²) in [6, 6.07) is 7.54. The average molecular weight is 410 g/mol. The van der Waals surface area contributed by atoms with Gasteiger partial charge in [-0.1, -0.05) is 50.3 Å². The normalized spacial score (nSPS) is 18.0. The number of hydrogen-bond donors (Lipinski definition) is 1. The van der Waals surface area contributed by atoms with Gasteiger partial charge in [0.15, 0.2) is 0 Å². The van der Waals surface area contributed by atoms with Crippen LogP contribution in [0.5, 0.6) is 0 Å². The van der Waals surface area contributed by atoms with E-state index in [1.165, 1.54) is 32.1 Å². The molecule has 0 atom stereocenters. The third kappa shape index (κ3) is 4.27. The molecular weight excluding hydrogens is 378 g/mol. The van der Waals surface area contributed by atoms with Gasteiger partial charge in [-0.25, -0.2) is 0 Å². The van der Waals surface area contributed by atoms with E-state index < -0.39 is 11.7 Å². The predicted octanol–water partition coefficient (Wildman–Crippen LogP) is 3.69. The van der Waals surface area contributed by atoms with E-state index in [1.54, 1.807) is 4.90 Å². The number of fused-ring (bicyclic) bond motifs is 1. The zero-order chi connectivity index (χ0) is 21.1. The molecule has 2 amide bonds. The van der Waals surface area contributed by atoms with Gasteiger partial charge in [0.1, 0.15) is 0 Å². The molecule has 1 aliphatic heterocycles. The number of benzene rings is 1. The smallest absolute Gasteiger partial charge is 0.295 e. The Bertz CT molecular complexity index is 934. The van der Waals surface area contributed by atoms with Gasteiger partial charge in [0.05, 0.1) is 5.56 Å². The van der Waals surface area contributed by atoms with E-state index in [-0.39, 0.29) is 5.91 Å². The summed E-state index contributed by atoms with van der Waals surface area (Å²) >= 11 is 0. The second kappa shape index (κ2) is 9.02. The molecule has 0 bridgehead atoms. The lowest BCUT2D eigenvalue weighted by Crippen LogP contribution is -2.52. The Morgan fingerprint density at radius 3 is 2.37 bits per heavy atom. The molecule has 160 valence electrons. The molecule has 4 rings (SSSR count). The number of hydrogen-bond acceptors (Lipinski definition) is 3. The van der Waals surface area contributed by atoms with Crippen LogP contribution in [0, 0.1) is 12.8 Å². The number of aryl methyl sites for hydroxylation is 1. The molecule has 2 aromatic rings. The zero-order valence-electron chi connectivity index (χ0n) is 17.8. The van der Waals surface area contributed by atoms with Crippen LogP contribution in [-0.4, -0.2) is 58.6 Å². The second-order valence-corrected chi connectivity index (χ2v) is 8.72. The van der Waals surface area contributed by atoms with Crippen molar-refractivity contribution >= 4 is 28.5 Å². The Morgan fingerprint density at radius 2 is 1.63 bits per heavy atom. The summed E-state index contributed by atoms with van der Waals surface area (Å²) in [7, 11) is 0. The third-order valence-electron chi connectivity index (χ3n) is 6.73. The number of H-pyrrole nitrogens is 1. The van der Waals surface area contributed by atoms with Crippen molar-refractivity contribution in [2.24, 2.45) is 5.92 Å². The monoisotopic (exact) mass is 409 g/mol. The van der Waals surface area contributed by atoms with Crippen LogP contribution in [0.25, 0.3) is 10.9 Å². The lowest BCUT2D eigenvalue weighted by Gasteiger charge is -2.34. The summed E-state index contributed by atoms with van der Waals surface area (Å²) in [5, 5.41) is 0.782. The largest absolute Gasteiger partial charge is 0.358 e. The van der Waals surface area contributed by atoms with Crippen LogP contribution in [-0.2, 0) is 9.59 Å². The average Bonchev–Trinajstić information content (AvgIpc) is 3.13. The van der Waals surface area contributed by atoms with Gasteiger partial charge in [0.2, 0.25) is 5.91 Å². The van der Waals surface area contributed by atoms with Crippen molar-refractivity contribution < 1.29 is 14.4 Å². The number of amides is 2. The van der Waals surface area contributed by atoms with Gasteiger partial charge in [-0.3, -0.25) is 14.4 Å². The number of rotatable bonds is 5. The van der Waals surface area contributed by atoms with Crippen molar-refractivity contribution in [1.82, 2.24) is 14.8 Å². The summed E-state index contributed by atoms with van der Waals surface area (Å²) < 4.78 is 0. The molecule has 2 fully saturated rings. The fourth-order valence-electron chi connectivity index (χ4n) is 4.94. The molecule has 1 saturated heterocycles. The van der Waals surface area contributed by atoms with Gasteiger partial charge in [0, 0.05) is 49.2 Å². The van der Waals surface area contributed by atoms with E-state index in [2.05, 4.69) is 4.98 Å². The molecule has 1 aromatic carbocycles. The quantitative estimate of drug-likeness (QED) is 0.605. The fourth-order valence-corrected chi connectivity index (χ4v) is 4.94. The highest BCUT2D eigenvalue weighted by Gasteiger charge is 2.30. The summed E-state index contributed by atoms with van der Waals surface area (Å²) in [5.74, 6) is -0.0618. The molecule has 1 N–H and O–H groups in total. The van der Waals surface area contributed by atoms with Crippen molar-refractivity contribution in [3.8, 4) is 0 Å².